The van der Waals surface area contributed by atoms with Crippen molar-refractivity contribution in [2.75, 3.05) is 24.5 Å². The average Bonchev–Trinajstić information content (AvgIpc) is 2.26. The molecule has 1 fully saturated rings. The molecular weight excluding hydrogens is 253 g/mol. The number of anilines is 1. The van der Waals surface area contributed by atoms with Crippen molar-refractivity contribution in [3.63, 3.8) is 0 Å². The van der Waals surface area contributed by atoms with Crippen molar-refractivity contribution < 1.29 is 13.2 Å². The highest BCUT2D eigenvalue weighted by Gasteiger charge is 2.31. The van der Waals surface area contributed by atoms with Crippen LogP contribution in [-0.2, 0) is 0 Å². The maximum absolute atomic E-state index is 13.8. The maximum atomic E-state index is 13.8. The molecule has 1 heterocycles. The Morgan fingerprint density at radius 2 is 1.74 bits per heavy atom. The van der Waals surface area contributed by atoms with Crippen LogP contribution in [0.4, 0.5) is 18.9 Å². The maximum Gasteiger partial charge on any atom is 0.152 e. The Balaban J connectivity index is 2.27. The Bertz CT molecular complexity index is 445. The molecule has 1 atom stereocenters. The number of nitrogens with one attached hydrogen (secondary N) is 1. The second kappa shape index (κ2) is 5.04. The van der Waals surface area contributed by atoms with Gasteiger partial charge in [-0.3, -0.25) is 0 Å². The summed E-state index contributed by atoms with van der Waals surface area (Å²) in [6, 6.07) is 1.59. The van der Waals surface area contributed by atoms with E-state index in [2.05, 4.69) is 26.1 Å². The van der Waals surface area contributed by atoms with E-state index < -0.39 is 17.5 Å². The largest absolute Gasteiger partial charge is 0.364 e. The molecule has 19 heavy (non-hydrogen) atoms. The molecule has 0 saturated carbocycles. The summed E-state index contributed by atoms with van der Waals surface area (Å²) < 4.78 is 40.5. The quantitative estimate of drug-likeness (QED) is 0.845. The Hall–Kier alpha value is -1.23. The van der Waals surface area contributed by atoms with Crippen molar-refractivity contribution >= 4 is 5.69 Å². The van der Waals surface area contributed by atoms with Gasteiger partial charge in [-0.2, -0.15) is 0 Å². The first-order chi connectivity index (χ1) is 8.79. The lowest BCUT2D eigenvalue weighted by molar-refractivity contribution is 0.252. The lowest BCUT2D eigenvalue weighted by atomic mass is 9.85. The highest BCUT2D eigenvalue weighted by atomic mass is 19.1. The average molecular weight is 272 g/mol. The van der Waals surface area contributed by atoms with Crippen molar-refractivity contribution in [1.29, 1.82) is 0 Å². The molecular formula is C14H19F3N2. The lowest BCUT2D eigenvalue weighted by Gasteiger charge is -2.41. The first kappa shape index (κ1) is 14.2. The molecule has 1 unspecified atom stereocenters. The van der Waals surface area contributed by atoms with E-state index in [9.17, 15) is 13.2 Å². The van der Waals surface area contributed by atoms with Crippen LogP contribution in [0.3, 0.4) is 0 Å². The van der Waals surface area contributed by atoms with E-state index in [1.54, 1.807) is 4.90 Å². The number of piperazine rings is 1. The number of hydrogen-bond acceptors (Lipinski definition) is 2. The zero-order valence-corrected chi connectivity index (χ0v) is 11.4. The minimum atomic E-state index is -0.888. The predicted octanol–water partition coefficient (Wildman–Crippen LogP) is 2.93. The van der Waals surface area contributed by atoms with Crippen molar-refractivity contribution in [3.05, 3.63) is 29.6 Å². The first-order valence-electron chi connectivity index (χ1n) is 6.42. The molecule has 2 rings (SSSR count). The summed E-state index contributed by atoms with van der Waals surface area (Å²) in [5, 5.41) is 3.35. The van der Waals surface area contributed by atoms with Gasteiger partial charge < -0.3 is 10.2 Å². The molecule has 0 amide bonds. The Morgan fingerprint density at radius 1 is 1.16 bits per heavy atom. The van der Waals surface area contributed by atoms with Crippen LogP contribution in [0.2, 0.25) is 0 Å². The van der Waals surface area contributed by atoms with E-state index in [0.29, 0.717) is 19.6 Å². The Labute approximate surface area is 111 Å². The Morgan fingerprint density at radius 3 is 2.26 bits per heavy atom. The van der Waals surface area contributed by atoms with E-state index >= 15 is 0 Å². The zero-order chi connectivity index (χ0) is 14.2. The SMILES string of the molecule is CC(C)(C)C1CN(c2c(F)cc(F)cc2F)CCN1. The topological polar surface area (TPSA) is 15.3 Å². The molecule has 2 nitrogen and oxygen atoms in total. The van der Waals surface area contributed by atoms with Crippen LogP contribution in [0, 0.1) is 22.9 Å². The highest BCUT2D eigenvalue weighted by molar-refractivity contribution is 5.50. The van der Waals surface area contributed by atoms with Gasteiger partial charge in [-0.25, -0.2) is 13.2 Å². The number of halogens is 3. The molecule has 0 aromatic heterocycles. The van der Waals surface area contributed by atoms with Crippen molar-refractivity contribution in [2.24, 2.45) is 5.41 Å². The molecule has 0 aliphatic carbocycles. The minimum Gasteiger partial charge on any atom is -0.364 e. The summed E-state index contributed by atoms with van der Waals surface area (Å²) in [5.41, 5.74) is -0.136. The summed E-state index contributed by atoms with van der Waals surface area (Å²) in [6.45, 7) is 7.88. The van der Waals surface area contributed by atoms with E-state index in [1.165, 1.54) is 0 Å². The number of rotatable bonds is 1. The predicted molar refractivity (Wildman–Crippen MR) is 69.8 cm³/mol. The van der Waals surface area contributed by atoms with Gasteiger partial charge in [-0.05, 0) is 5.41 Å². The van der Waals surface area contributed by atoms with Crippen LogP contribution in [0.25, 0.3) is 0 Å². The lowest BCUT2D eigenvalue weighted by Crippen LogP contribution is -2.56. The molecule has 0 bridgehead atoms. The van der Waals surface area contributed by atoms with Crippen molar-refractivity contribution in [2.45, 2.75) is 26.8 Å². The van der Waals surface area contributed by atoms with Gasteiger partial charge in [-0.1, -0.05) is 20.8 Å². The molecule has 0 radical (unpaired) electrons. The second-order valence-corrected chi connectivity index (χ2v) is 6.04. The van der Waals surface area contributed by atoms with Gasteiger partial charge in [0.1, 0.15) is 11.5 Å². The summed E-state index contributed by atoms with van der Waals surface area (Å²) in [4.78, 5) is 1.65. The van der Waals surface area contributed by atoms with Gasteiger partial charge in [0, 0.05) is 37.8 Å². The molecule has 0 spiro atoms. The third kappa shape index (κ3) is 3.03. The van der Waals surface area contributed by atoms with Crippen LogP contribution in [-0.4, -0.2) is 25.7 Å². The van der Waals surface area contributed by atoms with E-state index in [-0.39, 0.29) is 17.1 Å². The molecule has 1 aromatic carbocycles. The van der Waals surface area contributed by atoms with Gasteiger partial charge in [0.25, 0.3) is 0 Å². The molecule has 1 aromatic rings. The van der Waals surface area contributed by atoms with Crippen molar-refractivity contribution in [3.8, 4) is 0 Å². The molecule has 1 N–H and O–H groups in total. The summed E-state index contributed by atoms with van der Waals surface area (Å²) in [7, 11) is 0. The third-order valence-electron chi connectivity index (χ3n) is 3.52. The summed E-state index contributed by atoms with van der Waals surface area (Å²) in [6.07, 6.45) is 0. The van der Waals surface area contributed by atoms with Crippen LogP contribution in [0.15, 0.2) is 12.1 Å². The van der Waals surface area contributed by atoms with Crippen LogP contribution < -0.4 is 10.2 Å². The standard InChI is InChI=1S/C14H19F3N2/c1-14(2,3)12-8-19(5-4-18-12)13-10(16)6-9(15)7-11(13)17/h6-7,12,18H,4-5,8H2,1-3H3. The fourth-order valence-electron chi connectivity index (χ4n) is 2.37. The van der Waals surface area contributed by atoms with Crippen molar-refractivity contribution in [1.82, 2.24) is 5.32 Å². The molecule has 1 aliphatic rings. The van der Waals surface area contributed by atoms with E-state index in [1.807, 2.05) is 0 Å². The van der Waals surface area contributed by atoms with Gasteiger partial charge in [0.2, 0.25) is 0 Å². The molecule has 1 saturated heterocycles. The Kier molecular flexibility index (Phi) is 3.76. The molecule has 5 heteroatoms. The van der Waals surface area contributed by atoms with Gasteiger partial charge in [0.15, 0.2) is 11.6 Å². The highest BCUT2D eigenvalue weighted by Crippen LogP contribution is 2.29. The molecule has 106 valence electrons. The summed E-state index contributed by atoms with van der Waals surface area (Å²) in [5.74, 6) is -2.57. The van der Waals surface area contributed by atoms with Crippen LogP contribution in [0.1, 0.15) is 20.8 Å². The number of benzene rings is 1. The molecule has 1 aliphatic heterocycles. The third-order valence-corrected chi connectivity index (χ3v) is 3.52. The minimum absolute atomic E-state index is 0.00828. The first-order valence-corrected chi connectivity index (χ1v) is 6.42. The summed E-state index contributed by atoms with van der Waals surface area (Å²) >= 11 is 0. The number of hydrogen-bond donors (Lipinski definition) is 1. The fourth-order valence-corrected chi connectivity index (χ4v) is 2.37. The second-order valence-electron chi connectivity index (χ2n) is 6.04. The van der Waals surface area contributed by atoms with E-state index in [0.717, 1.165) is 12.1 Å². The smallest absolute Gasteiger partial charge is 0.152 e. The monoisotopic (exact) mass is 272 g/mol. The fraction of sp³-hybridized carbons (Fsp3) is 0.571. The van der Waals surface area contributed by atoms with Gasteiger partial charge >= 0.3 is 0 Å². The van der Waals surface area contributed by atoms with E-state index in [4.69, 9.17) is 0 Å². The van der Waals surface area contributed by atoms with Crippen LogP contribution in [0.5, 0.6) is 0 Å². The van der Waals surface area contributed by atoms with Gasteiger partial charge in [0.05, 0.1) is 0 Å². The zero-order valence-electron chi connectivity index (χ0n) is 11.4. The normalized spacial score (nSPS) is 20.7. The van der Waals surface area contributed by atoms with Gasteiger partial charge in [-0.15, -0.1) is 0 Å². The van der Waals surface area contributed by atoms with Crippen LogP contribution >= 0.6 is 0 Å². The number of nitrogens with zero attached hydrogens (tertiary/aromatic N) is 1.